The second kappa shape index (κ2) is 4.77. The molecule has 0 aliphatic heterocycles. The number of ether oxygens (including phenoxy) is 2. The molecule has 0 radical (unpaired) electrons. The minimum Gasteiger partial charge on any atom is -0.354 e. The van der Waals surface area contributed by atoms with Gasteiger partial charge in [-0.25, -0.2) is 0 Å². The molecule has 4 heteroatoms. The molecule has 0 saturated heterocycles. The van der Waals surface area contributed by atoms with Crippen LogP contribution >= 0.6 is 0 Å². The predicted molar refractivity (Wildman–Crippen MR) is 46.3 cm³/mol. The lowest BCUT2D eigenvalue weighted by Crippen LogP contribution is -2.46. The highest BCUT2D eigenvalue weighted by Gasteiger charge is 2.29. The Hall–Kier alpha value is -0.160. The van der Waals surface area contributed by atoms with Crippen LogP contribution in [-0.2, 0) is 9.47 Å². The zero-order valence-electron chi connectivity index (χ0n) is 7.75. The molecule has 4 nitrogen and oxygen atoms in total. The first-order valence-electron chi connectivity index (χ1n) is 4.33. The van der Waals surface area contributed by atoms with E-state index in [0.717, 1.165) is 12.3 Å². The van der Waals surface area contributed by atoms with E-state index >= 15 is 0 Å². The summed E-state index contributed by atoms with van der Waals surface area (Å²) in [7, 11) is 3.26. The normalized spacial score (nSPS) is 20.0. The van der Waals surface area contributed by atoms with E-state index in [4.69, 9.17) is 15.3 Å². The summed E-state index contributed by atoms with van der Waals surface area (Å²) in [6.45, 7) is 0. The summed E-state index contributed by atoms with van der Waals surface area (Å²) in [5.74, 6) is 6.21. The molecule has 0 spiro atoms. The first-order valence-corrected chi connectivity index (χ1v) is 4.33. The van der Waals surface area contributed by atoms with Crippen LogP contribution in [0.3, 0.4) is 0 Å². The summed E-state index contributed by atoms with van der Waals surface area (Å²) in [6, 6.07) is 0.118. The van der Waals surface area contributed by atoms with Crippen molar-refractivity contribution in [3.8, 4) is 0 Å². The second-order valence-electron chi connectivity index (χ2n) is 3.29. The van der Waals surface area contributed by atoms with Crippen molar-refractivity contribution in [1.29, 1.82) is 0 Å². The minimum atomic E-state index is -0.226. The van der Waals surface area contributed by atoms with Crippen molar-refractivity contribution >= 4 is 0 Å². The van der Waals surface area contributed by atoms with Crippen LogP contribution < -0.4 is 11.3 Å². The Morgan fingerprint density at radius 2 is 2.00 bits per heavy atom. The number of nitrogens with one attached hydrogen (secondary N) is 1. The Morgan fingerprint density at radius 1 is 1.42 bits per heavy atom. The van der Waals surface area contributed by atoms with Crippen LogP contribution in [0.2, 0.25) is 0 Å². The molecule has 0 bridgehead atoms. The molecular weight excluding hydrogens is 156 g/mol. The van der Waals surface area contributed by atoms with E-state index in [-0.39, 0.29) is 12.3 Å². The van der Waals surface area contributed by atoms with Gasteiger partial charge in [0.05, 0.1) is 6.04 Å². The average molecular weight is 174 g/mol. The Bertz CT molecular complexity index is 124. The van der Waals surface area contributed by atoms with Crippen molar-refractivity contribution < 1.29 is 9.47 Å². The summed E-state index contributed by atoms with van der Waals surface area (Å²) in [5, 5.41) is 0. The van der Waals surface area contributed by atoms with Crippen LogP contribution in [0.25, 0.3) is 0 Å². The lowest BCUT2D eigenvalue weighted by atomic mass is 10.1. The van der Waals surface area contributed by atoms with Crippen molar-refractivity contribution in [2.24, 2.45) is 11.8 Å². The van der Waals surface area contributed by atoms with Crippen LogP contribution in [0, 0.1) is 5.92 Å². The monoisotopic (exact) mass is 174 g/mol. The topological polar surface area (TPSA) is 56.5 Å². The SMILES string of the molecule is COC(OC)C(CC1CC1)NN. The fourth-order valence-electron chi connectivity index (χ4n) is 1.40. The summed E-state index contributed by atoms with van der Waals surface area (Å²) in [5.41, 5.74) is 2.73. The fraction of sp³-hybridized carbons (Fsp3) is 1.00. The maximum atomic E-state index is 5.39. The molecule has 1 rings (SSSR count). The first kappa shape index (κ1) is 9.92. The molecular formula is C8H18N2O2. The zero-order chi connectivity index (χ0) is 8.97. The standard InChI is InChI=1S/C8H18N2O2/c1-11-8(12-2)7(10-9)5-6-3-4-6/h6-8,10H,3-5,9H2,1-2H3. The van der Waals surface area contributed by atoms with Crippen LogP contribution in [0.4, 0.5) is 0 Å². The second-order valence-corrected chi connectivity index (χ2v) is 3.29. The summed E-state index contributed by atoms with van der Waals surface area (Å²) in [4.78, 5) is 0. The largest absolute Gasteiger partial charge is 0.354 e. The number of methoxy groups -OCH3 is 2. The van der Waals surface area contributed by atoms with Gasteiger partial charge in [-0.1, -0.05) is 12.8 Å². The van der Waals surface area contributed by atoms with Gasteiger partial charge in [0.1, 0.15) is 0 Å². The van der Waals surface area contributed by atoms with Gasteiger partial charge in [-0.15, -0.1) is 0 Å². The lowest BCUT2D eigenvalue weighted by Gasteiger charge is -2.23. The van der Waals surface area contributed by atoms with Crippen LogP contribution in [0.5, 0.6) is 0 Å². The molecule has 1 aliphatic carbocycles. The van der Waals surface area contributed by atoms with Crippen molar-refractivity contribution in [3.63, 3.8) is 0 Å². The number of rotatable bonds is 6. The van der Waals surface area contributed by atoms with Crippen molar-refractivity contribution in [2.75, 3.05) is 14.2 Å². The van der Waals surface area contributed by atoms with Crippen LogP contribution in [0.15, 0.2) is 0 Å². The third kappa shape index (κ3) is 2.71. The fourth-order valence-corrected chi connectivity index (χ4v) is 1.40. The van der Waals surface area contributed by atoms with Crippen molar-refractivity contribution in [3.05, 3.63) is 0 Å². The van der Waals surface area contributed by atoms with Crippen molar-refractivity contribution in [1.82, 2.24) is 5.43 Å². The van der Waals surface area contributed by atoms with Gasteiger partial charge in [0.25, 0.3) is 0 Å². The molecule has 12 heavy (non-hydrogen) atoms. The highest BCUT2D eigenvalue weighted by molar-refractivity contribution is 4.80. The summed E-state index contributed by atoms with van der Waals surface area (Å²) < 4.78 is 10.2. The molecule has 0 aromatic carbocycles. The van der Waals surface area contributed by atoms with Gasteiger partial charge in [-0.3, -0.25) is 11.3 Å². The minimum absolute atomic E-state index is 0.118. The maximum absolute atomic E-state index is 5.39. The Balaban J connectivity index is 2.29. The molecule has 1 aliphatic rings. The maximum Gasteiger partial charge on any atom is 0.173 e. The summed E-state index contributed by atoms with van der Waals surface area (Å²) in [6.07, 6.45) is 3.45. The van der Waals surface area contributed by atoms with Gasteiger partial charge in [0.2, 0.25) is 0 Å². The van der Waals surface area contributed by atoms with E-state index in [1.165, 1.54) is 12.8 Å². The molecule has 0 amide bonds. The van der Waals surface area contributed by atoms with E-state index in [0.29, 0.717) is 0 Å². The third-order valence-electron chi connectivity index (χ3n) is 2.29. The predicted octanol–water partition coefficient (Wildman–Crippen LogP) is 0.237. The first-order chi connectivity index (χ1) is 5.81. The molecule has 0 aromatic rings. The molecule has 0 aromatic heterocycles. The highest BCUT2D eigenvalue weighted by Crippen LogP contribution is 2.34. The zero-order valence-corrected chi connectivity index (χ0v) is 7.75. The lowest BCUT2D eigenvalue weighted by molar-refractivity contribution is -0.124. The van der Waals surface area contributed by atoms with Gasteiger partial charge in [-0.2, -0.15) is 0 Å². The highest BCUT2D eigenvalue weighted by atomic mass is 16.7. The molecule has 1 saturated carbocycles. The number of hydrogen-bond acceptors (Lipinski definition) is 4. The van der Waals surface area contributed by atoms with Gasteiger partial charge in [-0.05, 0) is 12.3 Å². The molecule has 0 heterocycles. The van der Waals surface area contributed by atoms with E-state index in [1.807, 2.05) is 0 Å². The number of nitrogens with two attached hydrogens (primary N) is 1. The van der Waals surface area contributed by atoms with Gasteiger partial charge < -0.3 is 9.47 Å². The van der Waals surface area contributed by atoms with Crippen molar-refractivity contribution in [2.45, 2.75) is 31.6 Å². The van der Waals surface area contributed by atoms with Crippen LogP contribution in [-0.4, -0.2) is 26.6 Å². The Kier molecular flexibility index (Phi) is 3.94. The van der Waals surface area contributed by atoms with E-state index in [9.17, 15) is 0 Å². The molecule has 1 fully saturated rings. The van der Waals surface area contributed by atoms with E-state index in [2.05, 4.69) is 5.43 Å². The Morgan fingerprint density at radius 3 is 2.33 bits per heavy atom. The van der Waals surface area contributed by atoms with Gasteiger partial charge >= 0.3 is 0 Å². The summed E-state index contributed by atoms with van der Waals surface area (Å²) >= 11 is 0. The van der Waals surface area contributed by atoms with Crippen LogP contribution in [0.1, 0.15) is 19.3 Å². The Labute approximate surface area is 73.4 Å². The quantitative estimate of drug-likeness (QED) is 0.344. The molecule has 3 N–H and O–H groups in total. The third-order valence-corrected chi connectivity index (χ3v) is 2.29. The van der Waals surface area contributed by atoms with Gasteiger partial charge in [0, 0.05) is 14.2 Å². The number of hydrazine groups is 1. The molecule has 1 atom stereocenters. The molecule has 1 unspecified atom stereocenters. The number of hydrogen-bond donors (Lipinski definition) is 2. The van der Waals surface area contributed by atoms with E-state index < -0.39 is 0 Å². The smallest absolute Gasteiger partial charge is 0.173 e. The van der Waals surface area contributed by atoms with E-state index in [1.54, 1.807) is 14.2 Å². The molecule has 72 valence electrons. The van der Waals surface area contributed by atoms with Gasteiger partial charge in [0.15, 0.2) is 6.29 Å². The average Bonchev–Trinajstić information content (AvgIpc) is 2.88.